The van der Waals surface area contributed by atoms with Gasteiger partial charge in [-0.05, 0) is 35.9 Å². The zero-order valence-electron chi connectivity index (χ0n) is 12.2. The van der Waals surface area contributed by atoms with Crippen LogP contribution in [0.1, 0.15) is 18.4 Å². The zero-order valence-corrected chi connectivity index (χ0v) is 13.0. The van der Waals surface area contributed by atoms with Gasteiger partial charge in [-0.2, -0.15) is 0 Å². The van der Waals surface area contributed by atoms with E-state index >= 15 is 0 Å². The van der Waals surface area contributed by atoms with Crippen molar-refractivity contribution in [2.45, 2.75) is 25.4 Å². The zero-order chi connectivity index (χ0) is 14.9. The van der Waals surface area contributed by atoms with Gasteiger partial charge in [-0.25, -0.2) is 12.7 Å². The average Bonchev–Trinajstić information content (AvgIpc) is 2.92. The van der Waals surface area contributed by atoms with Crippen LogP contribution in [0.15, 0.2) is 30.5 Å². The summed E-state index contributed by atoms with van der Waals surface area (Å²) in [4.78, 5) is 3.22. The van der Waals surface area contributed by atoms with Crippen LogP contribution < -0.4 is 5.32 Å². The molecular weight excluding hydrogens is 286 g/mol. The first-order valence-corrected chi connectivity index (χ1v) is 9.12. The molecule has 0 bridgehead atoms. The van der Waals surface area contributed by atoms with E-state index in [1.807, 2.05) is 6.20 Å². The van der Waals surface area contributed by atoms with Crippen LogP contribution in [0.5, 0.6) is 0 Å². The molecule has 0 unspecified atom stereocenters. The monoisotopic (exact) mass is 307 g/mol. The molecule has 114 valence electrons. The fraction of sp³-hybridized carbons (Fsp3) is 0.467. The van der Waals surface area contributed by atoms with Crippen LogP contribution in [-0.2, 0) is 16.6 Å². The molecule has 2 heterocycles. The van der Waals surface area contributed by atoms with Gasteiger partial charge in [-0.3, -0.25) is 0 Å². The first-order chi connectivity index (χ1) is 10.0. The Labute approximate surface area is 125 Å². The molecule has 0 saturated carbocycles. The fourth-order valence-corrected chi connectivity index (χ4v) is 3.73. The van der Waals surface area contributed by atoms with Gasteiger partial charge in [0.1, 0.15) is 0 Å². The van der Waals surface area contributed by atoms with E-state index in [1.165, 1.54) is 17.2 Å². The molecule has 1 aliphatic rings. The number of hydrogen-bond acceptors (Lipinski definition) is 3. The summed E-state index contributed by atoms with van der Waals surface area (Å²) < 4.78 is 24.5. The smallest absolute Gasteiger partial charge is 0.211 e. The third-order valence-electron chi connectivity index (χ3n) is 4.14. The Morgan fingerprint density at radius 2 is 2.05 bits per heavy atom. The number of rotatable bonds is 4. The van der Waals surface area contributed by atoms with Crippen molar-refractivity contribution in [2.75, 3.05) is 19.3 Å². The second-order valence-corrected chi connectivity index (χ2v) is 7.70. The van der Waals surface area contributed by atoms with Crippen LogP contribution in [0.2, 0.25) is 0 Å². The maximum absolute atomic E-state index is 11.5. The topological polar surface area (TPSA) is 65.2 Å². The van der Waals surface area contributed by atoms with Crippen molar-refractivity contribution in [3.8, 4) is 0 Å². The first kappa shape index (κ1) is 14.6. The fourth-order valence-electron chi connectivity index (χ4n) is 2.86. The van der Waals surface area contributed by atoms with E-state index in [9.17, 15) is 8.42 Å². The summed E-state index contributed by atoms with van der Waals surface area (Å²) in [6.07, 6.45) is 4.98. The van der Waals surface area contributed by atoms with Gasteiger partial charge in [-0.1, -0.05) is 12.1 Å². The summed E-state index contributed by atoms with van der Waals surface area (Å²) >= 11 is 0. The van der Waals surface area contributed by atoms with Gasteiger partial charge in [0.15, 0.2) is 0 Å². The molecule has 5 nitrogen and oxygen atoms in total. The molecule has 2 N–H and O–H groups in total. The number of benzene rings is 1. The standard InChI is InChI=1S/C15H21N3O2S/c1-21(19,20)18-8-5-14(6-9-18)17-11-12-2-3-13-4-7-16-15(13)10-12/h2-4,7,10,14,16-17H,5-6,8-9,11H2,1H3. The van der Waals surface area contributed by atoms with Crippen LogP contribution in [-0.4, -0.2) is 43.1 Å². The van der Waals surface area contributed by atoms with Gasteiger partial charge in [-0.15, -0.1) is 0 Å². The number of nitrogens with zero attached hydrogens (tertiary/aromatic N) is 1. The maximum atomic E-state index is 11.5. The van der Waals surface area contributed by atoms with E-state index < -0.39 is 10.0 Å². The van der Waals surface area contributed by atoms with Crippen LogP contribution in [0.3, 0.4) is 0 Å². The van der Waals surface area contributed by atoms with E-state index in [0.717, 1.165) is 24.9 Å². The van der Waals surface area contributed by atoms with Crippen molar-refractivity contribution in [3.05, 3.63) is 36.0 Å². The molecule has 1 aromatic heterocycles. The largest absolute Gasteiger partial charge is 0.361 e. The van der Waals surface area contributed by atoms with Gasteiger partial charge in [0.2, 0.25) is 10.0 Å². The summed E-state index contributed by atoms with van der Waals surface area (Å²) in [5.41, 5.74) is 2.40. The molecule has 21 heavy (non-hydrogen) atoms. The average molecular weight is 307 g/mol. The highest BCUT2D eigenvalue weighted by molar-refractivity contribution is 7.88. The second-order valence-electron chi connectivity index (χ2n) is 5.72. The molecule has 1 aromatic carbocycles. The summed E-state index contributed by atoms with van der Waals surface area (Å²) in [5.74, 6) is 0. The summed E-state index contributed by atoms with van der Waals surface area (Å²) in [7, 11) is -3.03. The summed E-state index contributed by atoms with van der Waals surface area (Å²) in [5, 5.41) is 4.75. The Morgan fingerprint density at radius 1 is 1.29 bits per heavy atom. The predicted molar refractivity (Wildman–Crippen MR) is 84.6 cm³/mol. The van der Waals surface area contributed by atoms with E-state index in [-0.39, 0.29) is 0 Å². The number of aromatic amines is 1. The minimum atomic E-state index is -3.03. The first-order valence-electron chi connectivity index (χ1n) is 7.27. The molecule has 2 aromatic rings. The van der Waals surface area contributed by atoms with Gasteiger partial charge in [0, 0.05) is 37.4 Å². The minimum absolute atomic E-state index is 0.391. The lowest BCUT2D eigenvalue weighted by Gasteiger charge is -2.30. The number of nitrogens with one attached hydrogen (secondary N) is 2. The van der Waals surface area contributed by atoms with Crippen LogP contribution in [0, 0.1) is 0 Å². The van der Waals surface area contributed by atoms with Crippen molar-refractivity contribution < 1.29 is 8.42 Å². The van der Waals surface area contributed by atoms with Crippen molar-refractivity contribution in [1.82, 2.24) is 14.6 Å². The SMILES string of the molecule is CS(=O)(=O)N1CCC(NCc2ccc3cc[nH]c3c2)CC1. The quantitative estimate of drug-likeness (QED) is 0.903. The predicted octanol–water partition coefficient (Wildman–Crippen LogP) is 1.68. The molecule has 3 rings (SSSR count). The van der Waals surface area contributed by atoms with E-state index in [0.29, 0.717) is 19.1 Å². The highest BCUT2D eigenvalue weighted by Crippen LogP contribution is 2.16. The molecule has 1 fully saturated rings. The molecule has 1 saturated heterocycles. The normalized spacial score (nSPS) is 18.3. The number of aromatic nitrogens is 1. The summed E-state index contributed by atoms with van der Waals surface area (Å²) in [6.45, 7) is 2.05. The molecule has 0 amide bonds. The van der Waals surface area contributed by atoms with E-state index in [1.54, 1.807) is 4.31 Å². The summed E-state index contributed by atoms with van der Waals surface area (Å²) in [6, 6.07) is 8.87. The molecule has 0 radical (unpaired) electrons. The lowest BCUT2D eigenvalue weighted by Crippen LogP contribution is -2.44. The van der Waals surface area contributed by atoms with E-state index in [2.05, 4.69) is 34.6 Å². The lowest BCUT2D eigenvalue weighted by atomic mass is 10.1. The number of H-pyrrole nitrogens is 1. The Kier molecular flexibility index (Phi) is 4.01. The van der Waals surface area contributed by atoms with Crippen molar-refractivity contribution in [2.24, 2.45) is 0 Å². The van der Waals surface area contributed by atoms with Crippen LogP contribution in [0.4, 0.5) is 0 Å². The van der Waals surface area contributed by atoms with Gasteiger partial charge >= 0.3 is 0 Å². The van der Waals surface area contributed by atoms with Gasteiger partial charge in [0.05, 0.1) is 6.26 Å². The van der Waals surface area contributed by atoms with Crippen LogP contribution in [0.25, 0.3) is 10.9 Å². The highest BCUT2D eigenvalue weighted by Gasteiger charge is 2.24. The molecule has 1 aliphatic heterocycles. The van der Waals surface area contributed by atoms with Crippen molar-refractivity contribution in [1.29, 1.82) is 0 Å². The molecule has 6 heteroatoms. The Balaban J connectivity index is 1.54. The number of piperidine rings is 1. The lowest BCUT2D eigenvalue weighted by molar-refractivity contribution is 0.290. The number of sulfonamides is 1. The van der Waals surface area contributed by atoms with Crippen LogP contribution >= 0.6 is 0 Å². The minimum Gasteiger partial charge on any atom is -0.361 e. The number of fused-ring (bicyclic) bond motifs is 1. The third kappa shape index (κ3) is 3.45. The molecular formula is C15H21N3O2S. The van der Waals surface area contributed by atoms with E-state index in [4.69, 9.17) is 0 Å². The Morgan fingerprint density at radius 3 is 2.76 bits per heavy atom. The van der Waals surface area contributed by atoms with Gasteiger partial charge in [0.25, 0.3) is 0 Å². The van der Waals surface area contributed by atoms with Crippen molar-refractivity contribution >= 4 is 20.9 Å². The highest BCUT2D eigenvalue weighted by atomic mass is 32.2. The number of hydrogen-bond donors (Lipinski definition) is 2. The second kappa shape index (κ2) is 5.79. The van der Waals surface area contributed by atoms with Gasteiger partial charge < -0.3 is 10.3 Å². The Hall–Kier alpha value is -1.37. The third-order valence-corrected chi connectivity index (χ3v) is 5.44. The molecule has 0 aliphatic carbocycles. The molecule has 0 spiro atoms. The van der Waals surface area contributed by atoms with Crippen molar-refractivity contribution in [3.63, 3.8) is 0 Å². The molecule has 0 atom stereocenters. The maximum Gasteiger partial charge on any atom is 0.211 e. The Bertz CT molecular complexity index is 715.